The first kappa shape index (κ1) is 13.6. The summed E-state index contributed by atoms with van der Waals surface area (Å²) < 4.78 is 0. The van der Waals surface area contributed by atoms with Crippen LogP contribution in [-0.2, 0) is 0 Å². The van der Waals surface area contributed by atoms with Gasteiger partial charge >= 0.3 is 0 Å². The number of hydrogen-bond acceptors (Lipinski definition) is 3. The Bertz CT molecular complexity index is 302. The molecule has 1 rings (SSSR count). The number of rotatable bonds is 5. The molecule has 4 unspecified atom stereocenters. The van der Waals surface area contributed by atoms with Gasteiger partial charge in [0.25, 0.3) is 0 Å². The maximum Gasteiger partial charge on any atom is 0.0628 e. The quantitative estimate of drug-likeness (QED) is 0.830. The van der Waals surface area contributed by atoms with Crippen LogP contribution >= 0.6 is 11.8 Å². The van der Waals surface area contributed by atoms with Crippen LogP contribution in [0.2, 0.25) is 0 Å². The first-order valence-corrected chi connectivity index (χ1v) is 6.60. The van der Waals surface area contributed by atoms with Gasteiger partial charge in [-0.15, -0.1) is 0 Å². The third-order valence-electron chi connectivity index (χ3n) is 2.80. The lowest BCUT2D eigenvalue weighted by Gasteiger charge is -2.24. The van der Waals surface area contributed by atoms with Gasteiger partial charge in [-0.3, -0.25) is 0 Å². The van der Waals surface area contributed by atoms with Crippen molar-refractivity contribution >= 4 is 11.8 Å². The maximum atomic E-state index is 9.46. The predicted molar refractivity (Wildman–Crippen MR) is 71.6 cm³/mol. The van der Waals surface area contributed by atoms with E-state index < -0.39 is 0 Å². The van der Waals surface area contributed by atoms with Gasteiger partial charge in [0.05, 0.1) is 6.10 Å². The minimum Gasteiger partial charge on any atom is -0.392 e. The van der Waals surface area contributed by atoms with Crippen molar-refractivity contribution in [3.8, 4) is 0 Å². The third-order valence-corrected chi connectivity index (χ3v) is 4.34. The van der Waals surface area contributed by atoms with Gasteiger partial charge in [0.1, 0.15) is 0 Å². The van der Waals surface area contributed by atoms with Crippen LogP contribution in [0.3, 0.4) is 0 Å². The second kappa shape index (κ2) is 6.28. The molecule has 0 bridgehead atoms. The number of aliphatic hydroxyl groups excluding tert-OH is 1. The Balaban J connectivity index is 2.58. The fraction of sp³-hybridized carbons (Fsp3) is 0.538. The van der Waals surface area contributed by atoms with Crippen molar-refractivity contribution in [1.82, 2.24) is 0 Å². The van der Waals surface area contributed by atoms with Gasteiger partial charge in [0.2, 0.25) is 0 Å². The molecule has 4 atom stereocenters. The van der Waals surface area contributed by atoms with Gasteiger partial charge < -0.3 is 10.8 Å². The van der Waals surface area contributed by atoms with Crippen molar-refractivity contribution in [2.75, 3.05) is 0 Å². The molecule has 0 saturated heterocycles. The lowest BCUT2D eigenvalue weighted by molar-refractivity contribution is 0.196. The van der Waals surface area contributed by atoms with E-state index in [1.807, 2.05) is 32.0 Å². The fourth-order valence-electron chi connectivity index (χ4n) is 1.48. The van der Waals surface area contributed by atoms with Gasteiger partial charge in [-0.2, -0.15) is 11.8 Å². The number of nitrogens with two attached hydrogens (primary N) is 1. The standard InChI is InChI=1S/C13H21NOS/c1-9(15)10(2)16-11(3)13(14)12-7-5-4-6-8-12/h4-11,13,15H,14H2,1-3H3. The number of thioether (sulfide) groups is 1. The summed E-state index contributed by atoms with van der Waals surface area (Å²) in [7, 11) is 0. The van der Waals surface area contributed by atoms with Crippen molar-refractivity contribution in [3.05, 3.63) is 35.9 Å². The van der Waals surface area contributed by atoms with Crippen LogP contribution in [-0.4, -0.2) is 21.7 Å². The summed E-state index contributed by atoms with van der Waals surface area (Å²) >= 11 is 1.74. The van der Waals surface area contributed by atoms with Crippen LogP contribution in [0, 0.1) is 0 Å². The summed E-state index contributed by atoms with van der Waals surface area (Å²) in [6.45, 7) is 5.96. The Hall–Kier alpha value is -0.510. The second-order valence-corrected chi connectivity index (χ2v) is 5.98. The molecule has 1 aromatic rings. The van der Waals surface area contributed by atoms with Gasteiger partial charge in [0, 0.05) is 16.5 Å². The molecule has 90 valence electrons. The van der Waals surface area contributed by atoms with E-state index in [-0.39, 0.29) is 17.4 Å². The van der Waals surface area contributed by atoms with Crippen LogP contribution in [0.1, 0.15) is 32.4 Å². The molecular weight excluding hydrogens is 218 g/mol. The van der Waals surface area contributed by atoms with Crippen molar-refractivity contribution < 1.29 is 5.11 Å². The molecule has 0 aliphatic rings. The van der Waals surface area contributed by atoms with E-state index in [9.17, 15) is 5.11 Å². The van der Waals surface area contributed by atoms with Crippen molar-refractivity contribution in [1.29, 1.82) is 0 Å². The zero-order valence-corrected chi connectivity index (χ0v) is 10.9. The molecule has 0 fully saturated rings. The van der Waals surface area contributed by atoms with Crippen LogP contribution in [0.5, 0.6) is 0 Å². The molecule has 0 aliphatic heterocycles. The molecule has 3 heteroatoms. The smallest absolute Gasteiger partial charge is 0.0628 e. The Morgan fingerprint density at radius 2 is 1.62 bits per heavy atom. The summed E-state index contributed by atoms with van der Waals surface area (Å²) in [5, 5.41) is 9.97. The van der Waals surface area contributed by atoms with Crippen molar-refractivity contribution in [3.63, 3.8) is 0 Å². The molecule has 0 aromatic heterocycles. The minimum atomic E-state index is -0.296. The van der Waals surface area contributed by atoms with Gasteiger partial charge in [-0.1, -0.05) is 44.2 Å². The van der Waals surface area contributed by atoms with E-state index in [2.05, 4.69) is 19.1 Å². The zero-order chi connectivity index (χ0) is 12.1. The van der Waals surface area contributed by atoms with E-state index in [0.717, 1.165) is 5.56 Å². The molecule has 0 spiro atoms. The third kappa shape index (κ3) is 3.81. The molecule has 1 aromatic carbocycles. The minimum absolute atomic E-state index is 0.0207. The van der Waals surface area contributed by atoms with Gasteiger partial charge in [-0.25, -0.2) is 0 Å². The molecule has 16 heavy (non-hydrogen) atoms. The summed E-state index contributed by atoms with van der Waals surface area (Å²) in [4.78, 5) is 0. The van der Waals surface area contributed by atoms with Crippen molar-refractivity contribution in [2.24, 2.45) is 5.73 Å². The highest BCUT2D eigenvalue weighted by Crippen LogP contribution is 2.28. The SMILES string of the molecule is CC(O)C(C)SC(C)C(N)c1ccccc1. The number of hydrogen-bond donors (Lipinski definition) is 2. The molecule has 0 amide bonds. The van der Waals surface area contributed by atoms with E-state index in [0.29, 0.717) is 5.25 Å². The molecule has 0 heterocycles. The highest BCUT2D eigenvalue weighted by molar-refractivity contribution is 8.00. The first-order chi connectivity index (χ1) is 7.52. The van der Waals surface area contributed by atoms with Crippen LogP contribution in [0.4, 0.5) is 0 Å². The second-order valence-electron chi connectivity index (χ2n) is 4.22. The van der Waals surface area contributed by atoms with E-state index in [1.165, 1.54) is 0 Å². The Morgan fingerprint density at radius 3 is 2.12 bits per heavy atom. The van der Waals surface area contributed by atoms with E-state index >= 15 is 0 Å². The molecule has 2 nitrogen and oxygen atoms in total. The molecular formula is C13H21NOS. The van der Waals surface area contributed by atoms with E-state index in [4.69, 9.17) is 5.73 Å². The summed E-state index contributed by atoms with van der Waals surface area (Å²) in [6.07, 6.45) is -0.296. The highest BCUT2D eigenvalue weighted by Gasteiger charge is 2.19. The summed E-state index contributed by atoms with van der Waals surface area (Å²) in [5.74, 6) is 0. The van der Waals surface area contributed by atoms with Crippen molar-refractivity contribution in [2.45, 2.75) is 43.4 Å². The highest BCUT2D eigenvalue weighted by atomic mass is 32.2. The monoisotopic (exact) mass is 239 g/mol. The predicted octanol–water partition coefficient (Wildman–Crippen LogP) is 2.58. The topological polar surface area (TPSA) is 46.2 Å². The Morgan fingerprint density at radius 1 is 1.06 bits per heavy atom. The average molecular weight is 239 g/mol. The largest absolute Gasteiger partial charge is 0.392 e. The molecule has 0 saturated carbocycles. The average Bonchev–Trinajstić information content (AvgIpc) is 2.28. The molecule has 0 radical (unpaired) electrons. The van der Waals surface area contributed by atoms with Crippen LogP contribution in [0.15, 0.2) is 30.3 Å². The van der Waals surface area contributed by atoms with Gasteiger partial charge in [-0.05, 0) is 12.5 Å². The first-order valence-electron chi connectivity index (χ1n) is 5.66. The van der Waals surface area contributed by atoms with Crippen LogP contribution in [0.25, 0.3) is 0 Å². The Labute approximate surface area is 102 Å². The lowest BCUT2D eigenvalue weighted by atomic mass is 10.1. The maximum absolute atomic E-state index is 9.46. The Kier molecular flexibility index (Phi) is 5.32. The normalized spacial score (nSPS) is 18.8. The summed E-state index contributed by atoms with van der Waals surface area (Å²) in [5.41, 5.74) is 7.34. The number of aliphatic hydroxyl groups is 1. The fourth-order valence-corrected chi connectivity index (χ4v) is 2.71. The molecule has 0 aliphatic carbocycles. The lowest BCUT2D eigenvalue weighted by Crippen LogP contribution is -2.26. The van der Waals surface area contributed by atoms with Gasteiger partial charge in [0.15, 0.2) is 0 Å². The van der Waals surface area contributed by atoms with Crippen LogP contribution < -0.4 is 5.73 Å². The molecule has 3 N–H and O–H groups in total. The number of benzene rings is 1. The zero-order valence-electron chi connectivity index (χ0n) is 10.1. The summed E-state index contributed by atoms with van der Waals surface area (Å²) in [6, 6.07) is 10.1. The van der Waals surface area contributed by atoms with E-state index in [1.54, 1.807) is 11.8 Å².